The van der Waals surface area contributed by atoms with Gasteiger partial charge in [0, 0.05) is 22.7 Å². The van der Waals surface area contributed by atoms with Gasteiger partial charge < -0.3 is 9.67 Å². The van der Waals surface area contributed by atoms with E-state index >= 15 is 0 Å². The number of thioether (sulfide) groups is 1. The number of rotatable bonds is 4. The monoisotopic (exact) mass is 317 g/mol. The number of carbonyl (C=O) groups is 1. The van der Waals surface area contributed by atoms with Gasteiger partial charge in [0.25, 0.3) is 0 Å². The molecule has 0 bridgehead atoms. The largest absolute Gasteiger partial charge is 0.481 e. The first-order chi connectivity index (χ1) is 8.97. The number of nitrogens with zero attached hydrogens (tertiary/aromatic N) is 3. The second kappa shape index (κ2) is 5.81. The molecule has 2 rings (SSSR count). The third-order valence-corrected chi connectivity index (χ3v) is 3.72. The molecule has 0 aliphatic carbocycles. The second-order valence-electron chi connectivity index (χ2n) is 3.71. The number of aliphatic carboxylic acids is 1. The molecule has 0 amide bonds. The molecular weight excluding hydrogens is 309 g/mol. The van der Waals surface area contributed by atoms with Crippen molar-refractivity contribution in [2.24, 2.45) is 7.05 Å². The van der Waals surface area contributed by atoms with Crippen molar-refractivity contribution >= 4 is 40.9 Å². The summed E-state index contributed by atoms with van der Waals surface area (Å²) in [7, 11) is 1.76. The van der Waals surface area contributed by atoms with Gasteiger partial charge in [-0.3, -0.25) is 4.79 Å². The number of carboxylic acids is 1. The van der Waals surface area contributed by atoms with Crippen LogP contribution < -0.4 is 0 Å². The predicted octanol–water partition coefficient (Wildman–Crippen LogP) is 2.97. The van der Waals surface area contributed by atoms with Gasteiger partial charge in [0.15, 0.2) is 11.0 Å². The zero-order chi connectivity index (χ0) is 14.0. The van der Waals surface area contributed by atoms with Gasteiger partial charge in [-0.15, -0.1) is 10.2 Å². The van der Waals surface area contributed by atoms with Gasteiger partial charge in [0.05, 0.1) is 5.75 Å². The van der Waals surface area contributed by atoms with E-state index in [2.05, 4.69) is 10.2 Å². The van der Waals surface area contributed by atoms with Gasteiger partial charge in [0.2, 0.25) is 0 Å². The van der Waals surface area contributed by atoms with E-state index in [-0.39, 0.29) is 5.75 Å². The van der Waals surface area contributed by atoms with Crippen molar-refractivity contribution in [3.8, 4) is 11.4 Å². The highest BCUT2D eigenvalue weighted by molar-refractivity contribution is 7.99. The first kappa shape index (κ1) is 14.2. The third kappa shape index (κ3) is 3.40. The maximum Gasteiger partial charge on any atom is 0.313 e. The fourth-order valence-electron chi connectivity index (χ4n) is 1.50. The van der Waals surface area contributed by atoms with Crippen LogP contribution in [-0.2, 0) is 11.8 Å². The van der Waals surface area contributed by atoms with Gasteiger partial charge in [-0.2, -0.15) is 0 Å². The summed E-state index contributed by atoms with van der Waals surface area (Å²) in [6.07, 6.45) is 0. The van der Waals surface area contributed by atoms with Crippen molar-refractivity contribution in [2.75, 3.05) is 5.75 Å². The second-order valence-corrected chi connectivity index (χ2v) is 5.52. The number of carboxylic acid groups (broad SMARTS) is 1. The highest BCUT2D eigenvalue weighted by Crippen LogP contribution is 2.27. The summed E-state index contributed by atoms with van der Waals surface area (Å²) in [6, 6.07) is 5.08. The first-order valence-electron chi connectivity index (χ1n) is 5.18. The fraction of sp³-hybridized carbons (Fsp3) is 0.182. The lowest BCUT2D eigenvalue weighted by Gasteiger charge is -2.04. The molecule has 1 heterocycles. The molecule has 8 heteroatoms. The zero-order valence-corrected chi connectivity index (χ0v) is 12.1. The molecule has 100 valence electrons. The average molecular weight is 318 g/mol. The first-order valence-corrected chi connectivity index (χ1v) is 6.92. The summed E-state index contributed by atoms with van der Waals surface area (Å²) in [4.78, 5) is 10.5. The Hall–Kier alpha value is -1.24. The predicted molar refractivity (Wildman–Crippen MR) is 74.8 cm³/mol. The van der Waals surface area contributed by atoms with Crippen LogP contribution >= 0.6 is 35.0 Å². The van der Waals surface area contributed by atoms with E-state index in [0.717, 1.165) is 17.3 Å². The van der Waals surface area contributed by atoms with Crippen molar-refractivity contribution in [3.05, 3.63) is 28.2 Å². The molecule has 0 saturated carbocycles. The molecule has 5 nitrogen and oxygen atoms in total. The van der Waals surface area contributed by atoms with Crippen molar-refractivity contribution in [2.45, 2.75) is 5.16 Å². The van der Waals surface area contributed by atoms with E-state index in [1.807, 2.05) is 0 Å². The minimum absolute atomic E-state index is 0.0672. The van der Waals surface area contributed by atoms with E-state index in [1.54, 1.807) is 29.8 Å². The van der Waals surface area contributed by atoms with Crippen LogP contribution in [0.1, 0.15) is 0 Å². The van der Waals surface area contributed by atoms with Crippen molar-refractivity contribution in [1.82, 2.24) is 14.8 Å². The Morgan fingerprint density at radius 2 is 1.95 bits per heavy atom. The molecule has 2 aromatic rings. The fourth-order valence-corrected chi connectivity index (χ4v) is 2.66. The average Bonchev–Trinajstić information content (AvgIpc) is 2.66. The summed E-state index contributed by atoms with van der Waals surface area (Å²) in [5, 5.41) is 18.2. The molecule has 1 aromatic carbocycles. The topological polar surface area (TPSA) is 68.0 Å². The summed E-state index contributed by atoms with van der Waals surface area (Å²) < 4.78 is 1.70. The van der Waals surface area contributed by atoms with E-state index in [0.29, 0.717) is 21.0 Å². The van der Waals surface area contributed by atoms with Crippen LogP contribution in [0.2, 0.25) is 10.0 Å². The molecule has 0 radical (unpaired) electrons. The Kier molecular flexibility index (Phi) is 4.34. The minimum atomic E-state index is -0.902. The molecule has 1 N–H and O–H groups in total. The lowest BCUT2D eigenvalue weighted by molar-refractivity contribution is -0.133. The van der Waals surface area contributed by atoms with Gasteiger partial charge >= 0.3 is 5.97 Å². The van der Waals surface area contributed by atoms with E-state index in [9.17, 15) is 4.79 Å². The van der Waals surface area contributed by atoms with Gasteiger partial charge in [0.1, 0.15) is 0 Å². The Morgan fingerprint density at radius 3 is 2.53 bits per heavy atom. The van der Waals surface area contributed by atoms with Crippen molar-refractivity contribution in [1.29, 1.82) is 0 Å². The third-order valence-electron chi connectivity index (χ3n) is 2.28. The number of hydrogen-bond donors (Lipinski definition) is 1. The molecule has 0 spiro atoms. The molecular formula is C11H9Cl2N3O2S. The molecule has 0 aliphatic rings. The SMILES string of the molecule is Cn1c(SCC(=O)O)nnc1-c1cc(Cl)cc(Cl)c1. The van der Waals surface area contributed by atoms with Crippen LogP contribution in [0.25, 0.3) is 11.4 Å². The van der Waals surface area contributed by atoms with Crippen LogP contribution in [0, 0.1) is 0 Å². The molecule has 0 atom stereocenters. The number of benzene rings is 1. The van der Waals surface area contributed by atoms with Crippen LogP contribution in [0.3, 0.4) is 0 Å². The van der Waals surface area contributed by atoms with E-state index in [1.165, 1.54) is 0 Å². The lowest BCUT2D eigenvalue weighted by Crippen LogP contribution is -2.01. The van der Waals surface area contributed by atoms with Crippen LogP contribution in [0.5, 0.6) is 0 Å². The molecule has 19 heavy (non-hydrogen) atoms. The van der Waals surface area contributed by atoms with Crippen molar-refractivity contribution in [3.63, 3.8) is 0 Å². The summed E-state index contributed by atoms with van der Waals surface area (Å²) in [5.41, 5.74) is 0.731. The Bertz CT molecular complexity index is 610. The standard InChI is InChI=1S/C11H9Cl2N3O2S/c1-16-10(6-2-7(12)4-8(13)3-6)14-15-11(16)19-5-9(17)18/h2-4H,5H2,1H3,(H,17,18). The number of aromatic nitrogens is 3. The lowest BCUT2D eigenvalue weighted by atomic mass is 10.2. The highest BCUT2D eigenvalue weighted by atomic mass is 35.5. The maximum absolute atomic E-state index is 10.5. The summed E-state index contributed by atoms with van der Waals surface area (Å²) >= 11 is 13.0. The van der Waals surface area contributed by atoms with E-state index < -0.39 is 5.97 Å². The molecule has 0 aliphatic heterocycles. The molecule has 0 saturated heterocycles. The summed E-state index contributed by atoms with van der Waals surface area (Å²) in [5.74, 6) is -0.389. The number of halogens is 2. The van der Waals surface area contributed by atoms with Crippen LogP contribution in [0.4, 0.5) is 0 Å². The van der Waals surface area contributed by atoms with Gasteiger partial charge in [-0.25, -0.2) is 0 Å². The van der Waals surface area contributed by atoms with Crippen LogP contribution in [0.15, 0.2) is 23.4 Å². The molecule has 0 fully saturated rings. The normalized spacial score (nSPS) is 10.7. The van der Waals surface area contributed by atoms with E-state index in [4.69, 9.17) is 28.3 Å². The van der Waals surface area contributed by atoms with Crippen molar-refractivity contribution < 1.29 is 9.90 Å². The summed E-state index contributed by atoms with van der Waals surface area (Å²) in [6.45, 7) is 0. The minimum Gasteiger partial charge on any atom is -0.481 e. The van der Waals surface area contributed by atoms with Crippen LogP contribution in [-0.4, -0.2) is 31.6 Å². The smallest absolute Gasteiger partial charge is 0.313 e. The van der Waals surface area contributed by atoms with Gasteiger partial charge in [-0.1, -0.05) is 35.0 Å². The number of hydrogen-bond acceptors (Lipinski definition) is 4. The molecule has 0 unspecified atom stereocenters. The zero-order valence-electron chi connectivity index (χ0n) is 9.80. The quantitative estimate of drug-likeness (QED) is 0.878. The Labute approximate surface area is 123 Å². The Morgan fingerprint density at radius 1 is 1.32 bits per heavy atom. The maximum atomic E-state index is 10.5. The molecule has 1 aromatic heterocycles. The van der Waals surface area contributed by atoms with Gasteiger partial charge in [-0.05, 0) is 18.2 Å². The Balaban J connectivity index is 2.33. The highest BCUT2D eigenvalue weighted by Gasteiger charge is 2.13.